The Hall–Kier alpha value is -2.33. The average Bonchev–Trinajstić information content (AvgIpc) is 2.78. The molecule has 2 unspecified atom stereocenters. The van der Waals surface area contributed by atoms with E-state index in [9.17, 15) is 0 Å². The number of benzene rings is 1. The normalized spacial score (nSPS) is 20.4. The number of rotatable bonds is 4. The van der Waals surface area contributed by atoms with Gasteiger partial charge in [0.25, 0.3) is 0 Å². The van der Waals surface area contributed by atoms with Gasteiger partial charge in [-0.2, -0.15) is 0 Å². The molecule has 1 aliphatic carbocycles. The fourth-order valence-electron chi connectivity index (χ4n) is 5.54. The van der Waals surface area contributed by atoms with Crippen LogP contribution < -0.4 is 11.1 Å². The number of pyridine rings is 2. The first-order valence-corrected chi connectivity index (χ1v) is 13.4. The summed E-state index contributed by atoms with van der Waals surface area (Å²) in [4.78, 5) is 8.94. The predicted octanol–water partition coefficient (Wildman–Crippen LogP) is 8.04. The van der Waals surface area contributed by atoms with Gasteiger partial charge < -0.3 is 11.1 Å². The second-order valence-corrected chi connectivity index (χ2v) is 10.6. The van der Waals surface area contributed by atoms with Crippen LogP contribution in [0.3, 0.4) is 0 Å². The van der Waals surface area contributed by atoms with Crippen LogP contribution in [-0.2, 0) is 6.42 Å². The third-order valence-electron chi connectivity index (χ3n) is 7.33. The number of aromatic nitrogens is 2. The van der Waals surface area contributed by atoms with Crippen molar-refractivity contribution in [2.75, 3.05) is 11.1 Å². The van der Waals surface area contributed by atoms with Gasteiger partial charge >= 0.3 is 0 Å². The molecule has 2 aromatic heterocycles. The van der Waals surface area contributed by atoms with Gasteiger partial charge in [-0.25, -0.2) is 4.98 Å². The third-order valence-corrected chi connectivity index (χ3v) is 7.54. The lowest BCUT2D eigenvalue weighted by Gasteiger charge is -2.25. The van der Waals surface area contributed by atoms with Crippen LogP contribution >= 0.6 is 11.6 Å². The maximum Gasteiger partial charge on any atom is 0.124 e. The summed E-state index contributed by atoms with van der Waals surface area (Å²) in [7, 11) is 0. The van der Waals surface area contributed by atoms with Crippen LogP contribution in [0.2, 0.25) is 5.02 Å². The molecule has 0 saturated heterocycles. The maximum absolute atomic E-state index is 6.19. The highest BCUT2D eigenvalue weighted by Gasteiger charge is 2.16. The van der Waals surface area contributed by atoms with Crippen molar-refractivity contribution >= 4 is 34.0 Å². The third kappa shape index (κ3) is 6.85. The van der Waals surface area contributed by atoms with Crippen LogP contribution in [0.4, 0.5) is 11.5 Å². The molecule has 1 aliphatic rings. The number of hydrogen-bond acceptors (Lipinski definition) is 4. The molecule has 2 atom stereocenters. The van der Waals surface area contributed by atoms with Gasteiger partial charge in [0, 0.05) is 17.6 Å². The second-order valence-electron chi connectivity index (χ2n) is 10.2. The van der Waals surface area contributed by atoms with E-state index in [1.54, 1.807) is 6.20 Å². The highest BCUT2D eigenvalue weighted by atomic mass is 35.5. The maximum atomic E-state index is 6.19. The molecule has 1 aromatic carbocycles. The first-order valence-electron chi connectivity index (χ1n) is 13.0. The minimum Gasteiger partial charge on any atom is -0.384 e. The van der Waals surface area contributed by atoms with Crippen LogP contribution in [0.1, 0.15) is 81.0 Å². The summed E-state index contributed by atoms with van der Waals surface area (Å²) < 4.78 is 0. The lowest BCUT2D eigenvalue weighted by Crippen LogP contribution is -2.22. The number of nitrogens with zero attached hydrogens (tertiary/aromatic N) is 2. The highest BCUT2D eigenvalue weighted by Crippen LogP contribution is 2.28. The van der Waals surface area contributed by atoms with E-state index in [1.807, 2.05) is 12.1 Å². The number of nitrogen functional groups attached to an aromatic ring is 1. The Kier molecular flexibility index (Phi) is 8.66. The molecule has 1 saturated carbocycles. The molecule has 0 aliphatic heterocycles. The molecule has 5 heteroatoms. The molecule has 3 aromatic rings. The number of nitrogens with one attached hydrogen (secondary N) is 1. The highest BCUT2D eigenvalue weighted by molar-refractivity contribution is 6.31. The molecule has 34 heavy (non-hydrogen) atoms. The van der Waals surface area contributed by atoms with E-state index in [0.717, 1.165) is 28.9 Å². The van der Waals surface area contributed by atoms with Gasteiger partial charge in [-0.3, -0.25) is 4.98 Å². The fraction of sp³-hybridized carbons (Fsp3) is 0.517. The SMILES string of the molecule is Cc1cc(N)nc(C)c1NC1CCCCCCCC(Cc2ccc3ncc(Cl)cc3c2)CCC1. The van der Waals surface area contributed by atoms with Crippen LogP contribution in [-0.4, -0.2) is 16.0 Å². The van der Waals surface area contributed by atoms with Crippen LogP contribution in [0, 0.1) is 19.8 Å². The number of halogens is 1. The van der Waals surface area contributed by atoms with E-state index in [0.29, 0.717) is 16.9 Å². The number of aryl methyl sites for hydroxylation is 2. The zero-order chi connectivity index (χ0) is 23.9. The lowest BCUT2D eigenvalue weighted by atomic mass is 9.87. The van der Waals surface area contributed by atoms with Crippen molar-refractivity contribution in [2.24, 2.45) is 5.92 Å². The van der Waals surface area contributed by atoms with Gasteiger partial charge in [0.2, 0.25) is 0 Å². The van der Waals surface area contributed by atoms with E-state index in [1.165, 1.54) is 81.0 Å². The Labute approximate surface area is 209 Å². The summed E-state index contributed by atoms with van der Waals surface area (Å²) in [6.45, 7) is 4.19. The van der Waals surface area contributed by atoms with Crippen molar-refractivity contribution in [1.82, 2.24) is 9.97 Å². The minimum absolute atomic E-state index is 0.497. The molecule has 0 radical (unpaired) electrons. The monoisotopic (exact) mass is 478 g/mol. The fourth-order valence-corrected chi connectivity index (χ4v) is 5.71. The van der Waals surface area contributed by atoms with E-state index in [-0.39, 0.29) is 0 Å². The van der Waals surface area contributed by atoms with Crippen molar-refractivity contribution in [3.63, 3.8) is 0 Å². The number of nitrogens with two attached hydrogens (primary N) is 1. The molecule has 0 spiro atoms. The summed E-state index contributed by atoms with van der Waals surface area (Å²) in [5.41, 5.74) is 11.7. The Morgan fingerprint density at radius 3 is 2.50 bits per heavy atom. The number of anilines is 2. The van der Waals surface area contributed by atoms with Gasteiger partial charge in [-0.1, -0.05) is 69.0 Å². The molecule has 0 bridgehead atoms. The number of hydrogen-bond donors (Lipinski definition) is 2. The molecule has 4 rings (SSSR count). The predicted molar refractivity (Wildman–Crippen MR) is 146 cm³/mol. The van der Waals surface area contributed by atoms with E-state index >= 15 is 0 Å². The average molecular weight is 479 g/mol. The van der Waals surface area contributed by atoms with Crippen LogP contribution in [0.25, 0.3) is 10.9 Å². The van der Waals surface area contributed by atoms with Gasteiger partial charge in [0.15, 0.2) is 0 Å². The molecule has 2 heterocycles. The van der Waals surface area contributed by atoms with Crippen molar-refractivity contribution in [3.05, 3.63) is 58.4 Å². The van der Waals surface area contributed by atoms with Gasteiger partial charge in [-0.05, 0) is 74.4 Å². The Morgan fingerprint density at radius 2 is 1.68 bits per heavy atom. The van der Waals surface area contributed by atoms with Crippen molar-refractivity contribution in [3.8, 4) is 0 Å². The van der Waals surface area contributed by atoms with Crippen LogP contribution in [0.15, 0.2) is 36.5 Å². The quantitative estimate of drug-likeness (QED) is 0.398. The Morgan fingerprint density at radius 1 is 0.941 bits per heavy atom. The summed E-state index contributed by atoms with van der Waals surface area (Å²) in [5.74, 6) is 1.33. The molecule has 0 amide bonds. The molecular weight excluding hydrogens is 440 g/mol. The smallest absolute Gasteiger partial charge is 0.124 e. The zero-order valence-electron chi connectivity index (χ0n) is 20.7. The van der Waals surface area contributed by atoms with Gasteiger partial charge in [0.1, 0.15) is 5.82 Å². The molecule has 3 N–H and O–H groups in total. The molecule has 1 fully saturated rings. The second kappa shape index (κ2) is 11.9. The topological polar surface area (TPSA) is 63.8 Å². The molecule has 182 valence electrons. The van der Waals surface area contributed by atoms with E-state index in [4.69, 9.17) is 17.3 Å². The largest absolute Gasteiger partial charge is 0.384 e. The molecular formula is C29H39ClN4. The first kappa shape index (κ1) is 24.8. The Balaban J connectivity index is 1.42. The summed E-state index contributed by atoms with van der Waals surface area (Å²) >= 11 is 6.19. The minimum atomic E-state index is 0.497. The van der Waals surface area contributed by atoms with Crippen molar-refractivity contribution in [2.45, 2.75) is 90.5 Å². The first-order chi connectivity index (χ1) is 16.5. The van der Waals surface area contributed by atoms with Crippen molar-refractivity contribution in [1.29, 1.82) is 0 Å². The lowest BCUT2D eigenvalue weighted by molar-refractivity contribution is 0.385. The van der Waals surface area contributed by atoms with E-state index < -0.39 is 0 Å². The summed E-state index contributed by atoms with van der Waals surface area (Å²) in [5, 5.41) is 5.70. The zero-order valence-corrected chi connectivity index (χ0v) is 21.5. The standard InChI is InChI=1S/C29H39ClN4/c1-20-15-28(31)33-21(2)29(20)34-26-11-7-5-3-4-6-9-22(10-8-12-26)16-23-13-14-27-24(17-23)18-25(30)19-32-27/h13-15,17-19,22,26,34H,3-12,16H2,1-2H3,(H2,31,33). The van der Waals surface area contributed by atoms with Gasteiger partial charge in [0.05, 0.1) is 21.9 Å². The van der Waals surface area contributed by atoms with E-state index in [2.05, 4.69) is 47.3 Å². The number of fused-ring (bicyclic) bond motifs is 1. The summed E-state index contributed by atoms with van der Waals surface area (Å²) in [6.07, 6.45) is 15.8. The molecule has 4 nitrogen and oxygen atoms in total. The summed E-state index contributed by atoms with van der Waals surface area (Å²) in [6, 6.07) is 11.2. The Bertz CT molecular complexity index is 1070. The van der Waals surface area contributed by atoms with Crippen LogP contribution in [0.5, 0.6) is 0 Å². The van der Waals surface area contributed by atoms with Gasteiger partial charge in [-0.15, -0.1) is 0 Å². The van der Waals surface area contributed by atoms with Crippen molar-refractivity contribution < 1.29 is 0 Å².